The van der Waals surface area contributed by atoms with E-state index in [2.05, 4.69) is 20.3 Å². The maximum absolute atomic E-state index is 12.5. The Morgan fingerprint density at radius 3 is 2.64 bits per heavy atom. The number of nitrogens with zero attached hydrogens (tertiary/aromatic N) is 3. The van der Waals surface area contributed by atoms with Crippen LogP contribution in [-0.2, 0) is 38.1 Å². The van der Waals surface area contributed by atoms with Crippen LogP contribution >= 0.6 is 0 Å². The Labute approximate surface area is 222 Å². The third kappa shape index (κ3) is 7.79. The number of rotatable bonds is 13. The predicted molar refractivity (Wildman–Crippen MR) is 131 cm³/mol. The van der Waals surface area contributed by atoms with Gasteiger partial charge in [-0.3, -0.25) is 34.0 Å². The second-order valence-corrected chi connectivity index (χ2v) is 9.10. The van der Waals surface area contributed by atoms with Crippen LogP contribution in [-0.4, -0.2) is 98.6 Å². The standard InChI is InChI=1S/C23H33N5O11/c1-11(2)20(33)26-23-25-19-16(21(34)27-23)24-9-28(19)22-18(17(32)15(7-29)39-22)37-10-35-6-5-14(38-13(4)31)8-36-12(3)30/h9,11,14-15,17-18,22,29,32H,5-8,10H2,1-4H3,(H2,25,26,27,33,34)/t14?,15-,17?,18+,22-/m1/s1. The number of H-pyrrole nitrogens is 1. The van der Waals surface area contributed by atoms with E-state index < -0.39 is 54.7 Å². The summed E-state index contributed by atoms with van der Waals surface area (Å²) in [6, 6.07) is 0. The zero-order valence-corrected chi connectivity index (χ0v) is 22.0. The second kappa shape index (κ2) is 13.6. The Morgan fingerprint density at radius 2 is 2.00 bits per heavy atom. The van der Waals surface area contributed by atoms with Gasteiger partial charge in [-0.15, -0.1) is 0 Å². The molecule has 1 amide bonds. The molecule has 16 nitrogen and oxygen atoms in total. The van der Waals surface area contributed by atoms with Gasteiger partial charge in [-0.25, -0.2) is 4.98 Å². The van der Waals surface area contributed by atoms with Gasteiger partial charge in [0.25, 0.3) is 5.56 Å². The van der Waals surface area contributed by atoms with Gasteiger partial charge in [0.1, 0.15) is 37.8 Å². The number of amides is 1. The SMILES string of the molecule is CC(=O)OCC(CCOCO[C@H]1C(O)[C@@H](CO)O[C@H]1n1cnc2c(=O)[nH]c(NC(=O)C(C)C)nc21)OC(C)=O. The highest BCUT2D eigenvalue weighted by atomic mass is 16.7. The molecule has 2 aromatic rings. The molecule has 0 bridgehead atoms. The van der Waals surface area contributed by atoms with Crippen LogP contribution in [0.25, 0.3) is 11.2 Å². The van der Waals surface area contributed by atoms with Gasteiger partial charge < -0.3 is 33.9 Å². The van der Waals surface area contributed by atoms with E-state index in [1.54, 1.807) is 13.8 Å². The van der Waals surface area contributed by atoms with Crippen LogP contribution in [0.3, 0.4) is 0 Å². The summed E-state index contributed by atoms with van der Waals surface area (Å²) in [6.45, 7) is 4.91. The number of ether oxygens (including phenoxy) is 5. The van der Waals surface area contributed by atoms with Gasteiger partial charge >= 0.3 is 11.9 Å². The number of aromatic amines is 1. The summed E-state index contributed by atoms with van der Waals surface area (Å²) >= 11 is 0. The molecule has 0 aliphatic carbocycles. The summed E-state index contributed by atoms with van der Waals surface area (Å²) in [5.41, 5.74) is -0.591. The first-order valence-electron chi connectivity index (χ1n) is 12.2. The Bertz CT molecular complexity index is 1210. The number of carbonyl (C=O) groups is 3. The molecule has 4 N–H and O–H groups in total. The molecule has 0 aromatic carbocycles. The van der Waals surface area contributed by atoms with Crippen molar-refractivity contribution in [1.82, 2.24) is 19.5 Å². The maximum atomic E-state index is 12.5. The molecule has 0 spiro atoms. The summed E-state index contributed by atoms with van der Waals surface area (Å²) in [7, 11) is 0. The number of aliphatic hydroxyl groups excluding tert-OH is 2. The monoisotopic (exact) mass is 555 g/mol. The predicted octanol–water partition coefficient (Wildman–Crippen LogP) is -0.791. The van der Waals surface area contributed by atoms with Crippen molar-refractivity contribution in [3.05, 3.63) is 16.7 Å². The summed E-state index contributed by atoms with van der Waals surface area (Å²) in [4.78, 5) is 57.7. The van der Waals surface area contributed by atoms with Gasteiger partial charge in [0.05, 0.1) is 19.5 Å². The van der Waals surface area contributed by atoms with Crippen molar-refractivity contribution >= 4 is 35.0 Å². The molecule has 1 saturated heterocycles. The number of hydrogen-bond acceptors (Lipinski definition) is 13. The van der Waals surface area contributed by atoms with Crippen LogP contribution in [0.1, 0.15) is 40.3 Å². The van der Waals surface area contributed by atoms with Crippen molar-refractivity contribution in [3.8, 4) is 0 Å². The number of anilines is 1. The molecule has 5 atom stereocenters. The third-order valence-electron chi connectivity index (χ3n) is 5.70. The molecule has 0 saturated carbocycles. The summed E-state index contributed by atoms with van der Waals surface area (Å²) in [5, 5.41) is 22.9. The molecule has 16 heteroatoms. The van der Waals surface area contributed by atoms with Crippen LogP contribution in [0.5, 0.6) is 0 Å². The minimum Gasteiger partial charge on any atom is -0.462 e. The van der Waals surface area contributed by atoms with Gasteiger partial charge in [0.15, 0.2) is 17.4 Å². The number of esters is 2. The molecule has 39 heavy (non-hydrogen) atoms. The normalized spacial score (nSPS) is 21.7. The Kier molecular flexibility index (Phi) is 10.5. The van der Waals surface area contributed by atoms with Crippen LogP contribution in [0, 0.1) is 5.92 Å². The summed E-state index contributed by atoms with van der Waals surface area (Å²) in [6.07, 6.45) is -3.67. The lowest BCUT2D eigenvalue weighted by Gasteiger charge is -2.22. The zero-order chi connectivity index (χ0) is 28.7. The smallest absolute Gasteiger partial charge is 0.303 e. The Hall–Kier alpha value is -3.44. The largest absolute Gasteiger partial charge is 0.462 e. The Balaban J connectivity index is 1.70. The van der Waals surface area contributed by atoms with E-state index in [1.165, 1.54) is 24.7 Å². The minimum absolute atomic E-state index is 0.0395. The number of aromatic nitrogens is 4. The second-order valence-electron chi connectivity index (χ2n) is 9.10. The van der Waals surface area contributed by atoms with E-state index in [-0.39, 0.29) is 55.4 Å². The van der Waals surface area contributed by atoms with Crippen molar-refractivity contribution in [3.63, 3.8) is 0 Å². The first kappa shape index (κ1) is 30.1. The van der Waals surface area contributed by atoms with E-state index in [0.717, 1.165) is 0 Å². The average Bonchev–Trinajstić information content (AvgIpc) is 3.42. The van der Waals surface area contributed by atoms with Crippen LogP contribution in [0.15, 0.2) is 11.1 Å². The van der Waals surface area contributed by atoms with Crippen molar-refractivity contribution < 1.29 is 48.3 Å². The van der Waals surface area contributed by atoms with Gasteiger partial charge in [-0.1, -0.05) is 13.8 Å². The quantitative estimate of drug-likeness (QED) is 0.136. The lowest BCUT2D eigenvalue weighted by molar-refractivity contribution is -0.160. The van der Waals surface area contributed by atoms with E-state index in [4.69, 9.17) is 23.7 Å². The van der Waals surface area contributed by atoms with E-state index in [0.29, 0.717) is 0 Å². The highest BCUT2D eigenvalue weighted by Crippen LogP contribution is 2.33. The van der Waals surface area contributed by atoms with Crippen molar-refractivity contribution in [1.29, 1.82) is 0 Å². The molecule has 1 aliphatic heterocycles. The molecule has 216 valence electrons. The van der Waals surface area contributed by atoms with Gasteiger partial charge in [-0.2, -0.15) is 4.98 Å². The third-order valence-corrected chi connectivity index (χ3v) is 5.70. The highest BCUT2D eigenvalue weighted by Gasteiger charge is 2.46. The highest BCUT2D eigenvalue weighted by molar-refractivity contribution is 5.91. The molecule has 3 rings (SSSR count). The van der Waals surface area contributed by atoms with Gasteiger partial charge in [0.2, 0.25) is 11.9 Å². The Morgan fingerprint density at radius 1 is 1.26 bits per heavy atom. The topological polar surface area (TPSA) is 213 Å². The van der Waals surface area contributed by atoms with Crippen molar-refractivity contribution in [2.24, 2.45) is 5.92 Å². The van der Waals surface area contributed by atoms with Crippen molar-refractivity contribution in [2.75, 3.05) is 31.9 Å². The molecule has 2 unspecified atom stereocenters. The lowest BCUT2D eigenvalue weighted by atomic mass is 10.1. The number of imidazole rings is 1. The van der Waals surface area contributed by atoms with E-state index in [1.807, 2.05) is 0 Å². The molecular formula is C23H33N5O11. The molecule has 2 aromatic heterocycles. The fourth-order valence-electron chi connectivity index (χ4n) is 3.73. The van der Waals surface area contributed by atoms with E-state index >= 15 is 0 Å². The van der Waals surface area contributed by atoms with Gasteiger partial charge in [0, 0.05) is 26.2 Å². The first-order chi connectivity index (χ1) is 18.5. The minimum atomic E-state index is -1.28. The molecule has 1 fully saturated rings. The summed E-state index contributed by atoms with van der Waals surface area (Å²) in [5.74, 6) is -1.88. The number of fused-ring (bicyclic) bond motifs is 1. The molecule has 3 heterocycles. The zero-order valence-electron chi connectivity index (χ0n) is 22.0. The maximum Gasteiger partial charge on any atom is 0.303 e. The first-order valence-corrected chi connectivity index (χ1v) is 12.2. The number of hydrogen-bond donors (Lipinski definition) is 4. The van der Waals surface area contributed by atoms with E-state index in [9.17, 15) is 29.4 Å². The summed E-state index contributed by atoms with van der Waals surface area (Å²) < 4.78 is 28.3. The fourth-order valence-corrected chi connectivity index (χ4v) is 3.73. The van der Waals surface area contributed by atoms with Crippen LogP contribution < -0.4 is 10.9 Å². The number of nitrogens with one attached hydrogen (secondary N) is 2. The average molecular weight is 556 g/mol. The molecule has 0 radical (unpaired) electrons. The molecule has 1 aliphatic rings. The number of aliphatic hydroxyl groups is 2. The van der Waals surface area contributed by atoms with Crippen molar-refractivity contribution in [2.45, 2.75) is 64.8 Å². The number of carbonyl (C=O) groups excluding carboxylic acids is 3. The fraction of sp³-hybridized carbons (Fsp3) is 0.652. The van der Waals surface area contributed by atoms with Gasteiger partial charge in [-0.05, 0) is 0 Å². The molecular weight excluding hydrogens is 522 g/mol. The lowest BCUT2D eigenvalue weighted by Crippen LogP contribution is -2.36. The van der Waals surface area contributed by atoms with Crippen LogP contribution in [0.2, 0.25) is 0 Å². The van der Waals surface area contributed by atoms with Crippen LogP contribution in [0.4, 0.5) is 5.95 Å².